The van der Waals surface area contributed by atoms with Crippen LogP contribution in [0.25, 0.3) is 21.0 Å². The van der Waals surface area contributed by atoms with E-state index >= 15 is 0 Å². The summed E-state index contributed by atoms with van der Waals surface area (Å²) in [5.74, 6) is -0.242. The standard InChI is InChI=1S/C33H24FNPS.ClHO4/c34-27-23-21-25(22-24-27)31-32(35-33(37-31)26-13-5-1-6-14-26)36(28-15-7-2-8-16-28,29-17-9-3-10-18-29)30-19-11-4-12-20-30;2-1(3,4)5/h1-24H;(H,2,3,4,5)/q+1;/p-1. The van der Waals surface area contributed by atoms with Gasteiger partial charge in [0.2, 0.25) is 5.44 Å². The molecular formula is C33H24ClFNO4PS. The van der Waals surface area contributed by atoms with E-state index in [0.29, 0.717) is 0 Å². The van der Waals surface area contributed by atoms with Crippen molar-refractivity contribution in [2.75, 3.05) is 0 Å². The molecule has 5 nitrogen and oxygen atoms in total. The molecule has 0 saturated carbocycles. The molecule has 6 aromatic rings. The van der Waals surface area contributed by atoms with Crippen molar-refractivity contribution in [1.82, 2.24) is 4.98 Å². The van der Waals surface area contributed by atoms with Crippen LogP contribution >= 0.6 is 18.6 Å². The highest BCUT2D eigenvalue weighted by Gasteiger charge is 2.52. The Labute approximate surface area is 249 Å². The zero-order valence-corrected chi connectivity index (χ0v) is 24.5. The molecule has 1 aromatic heterocycles. The largest absolute Gasteiger partial charge is 0.222 e. The van der Waals surface area contributed by atoms with Crippen molar-refractivity contribution in [2.45, 2.75) is 0 Å². The van der Waals surface area contributed by atoms with E-state index in [0.717, 1.165) is 26.4 Å². The summed E-state index contributed by atoms with van der Waals surface area (Å²) in [6, 6.07) is 49.3. The highest BCUT2D eigenvalue weighted by atomic mass is 35.7. The van der Waals surface area contributed by atoms with Crippen LogP contribution in [0.4, 0.5) is 4.39 Å². The second kappa shape index (κ2) is 13.0. The van der Waals surface area contributed by atoms with Gasteiger partial charge in [0, 0.05) is 5.56 Å². The van der Waals surface area contributed by atoms with E-state index in [1.165, 1.54) is 28.0 Å². The number of halogens is 2. The van der Waals surface area contributed by atoms with Crippen LogP contribution in [0.1, 0.15) is 0 Å². The van der Waals surface area contributed by atoms with Gasteiger partial charge < -0.3 is 0 Å². The Hall–Kier alpha value is -3.78. The molecule has 0 fully saturated rings. The minimum Gasteiger partial charge on any atom is -0.222 e. The molecule has 0 bridgehead atoms. The van der Waals surface area contributed by atoms with Crippen molar-refractivity contribution in [2.24, 2.45) is 0 Å². The van der Waals surface area contributed by atoms with E-state index in [4.69, 9.17) is 23.6 Å². The fraction of sp³-hybridized carbons (Fsp3) is 0. The third-order valence-electron chi connectivity index (χ3n) is 6.48. The zero-order chi connectivity index (χ0) is 29.6. The Kier molecular flexibility index (Phi) is 9.21. The molecule has 0 unspecified atom stereocenters. The molecule has 0 aliphatic heterocycles. The summed E-state index contributed by atoms with van der Waals surface area (Å²) < 4.78 is 48.0. The predicted molar refractivity (Wildman–Crippen MR) is 158 cm³/mol. The summed E-state index contributed by atoms with van der Waals surface area (Å²) in [6.07, 6.45) is 0. The van der Waals surface area contributed by atoms with Crippen molar-refractivity contribution in [1.29, 1.82) is 0 Å². The van der Waals surface area contributed by atoms with Crippen LogP contribution in [-0.2, 0) is 0 Å². The maximum Gasteiger partial charge on any atom is 0.217 e. The van der Waals surface area contributed by atoms with E-state index in [2.05, 4.69) is 103 Å². The van der Waals surface area contributed by atoms with Crippen molar-refractivity contribution in [3.8, 4) is 21.0 Å². The molecule has 0 aliphatic rings. The average Bonchev–Trinajstić information content (AvgIpc) is 3.45. The molecule has 6 rings (SSSR count). The SMILES string of the molecule is Fc1ccc(-c2sc(-c3ccccc3)nc2[P+](c2ccccc2)(c2ccccc2)c2ccccc2)cc1.[O-][Cl+3]([O-])([O-])[O-]. The first-order chi connectivity index (χ1) is 20.3. The van der Waals surface area contributed by atoms with Crippen molar-refractivity contribution in [3.63, 3.8) is 0 Å². The zero-order valence-electron chi connectivity index (χ0n) is 22.0. The van der Waals surface area contributed by atoms with Crippen LogP contribution in [0.5, 0.6) is 0 Å². The molecule has 1 heterocycles. The number of aromatic nitrogens is 1. The Morgan fingerprint density at radius 1 is 0.524 bits per heavy atom. The molecule has 210 valence electrons. The molecule has 0 aliphatic carbocycles. The van der Waals surface area contributed by atoms with Gasteiger partial charge >= 0.3 is 0 Å². The Morgan fingerprint density at radius 3 is 1.31 bits per heavy atom. The van der Waals surface area contributed by atoms with E-state index < -0.39 is 17.5 Å². The number of rotatable bonds is 6. The van der Waals surface area contributed by atoms with Crippen LogP contribution in [0.2, 0.25) is 0 Å². The normalized spacial score (nSPS) is 11.5. The van der Waals surface area contributed by atoms with E-state index in [1.807, 2.05) is 30.3 Å². The molecule has 5 aromatic carbocycles. The van der Waals surface area contributed by atoms with Gasteiger partial charge in [-0.1, -0.05) is 97.1 Å². The van der Waals surface area contributed by atoms with Crippen LogP contribution in [0.15, 0.2) is 146 Å². The average molecular weight is 616 g/mol. The molecule has 0 N–H and O–H groups in total. The van der Waals surface area contributed by atoms with Crippen LogP contribution in [-0.4, -0.2) is 4.98 Å². The quantitative estimate of drug-likeness (QED) is 0.268. The monoisotopic (exact) mass is 615 g/mol. The van der Waals surface area contributed by atoms with Gasteiger partial charge in [0.05, 0.1) is 4.88 Å². The van der Waals surface area contributed by atoms with Gasteiger partial charge in [0.15, 0.2) is 7.26 Å². The maximum atomic E-state index is 14.0. The first-order valence-corrected chi connectivity index (χ1v) is 16.6. The summed E-state index contributed by atoms with van der Waals surface area (Å²) >= 11 is 1.68. The first kappa shape index (κ1) is 29.7. The third-order valence-corrected chi connectivity index (χ3v) is 12.0. The predicted octanol–water partition coefficient (Wildman–Crippen LogP) is 2.48. The van der Waals surface area contributed by atoms with Gasteiger partial charge in [0.25, 0.3) is 0 Å². The summed E-state index contributed by atoms with van der Waals surface area (Å²) in [6.45, 7) is 0. The third kappa shape index (κ3) is 6.65. The lowest BCUT2D eigenvalue weighted by molar-refractivity contribution is -2.00. The van der Waals surface area contributed by atoms with E-state index in [9.17, 15) is 4.39 Å². The summed E-state index contributed by atoms with van der Waals surface area (Å²) in [5.41, 5.74) is 3.10. The molecule has 0 saturated heterocycles. The molecule has 0 amide bonds. The first-order valence-electron chi connectivity index (χ1n) is 12.8. The number of hydrogen-bond donors (Lipinski definition) is 0. The highest BCUT2D eigenvalue weighted by molar-refractivity contribution is 8.01. The second-order valence-electron chi connectivity index (χ2n) is 9.10. The van der Waals surface area contributed by atoms with Crippen LogP contribution in [0.3, 0.4) is 0 Å². The maximum absolute atomic E-state index is 14.0. The van der Waals surface area contributed by atoms with Gasteiger partial charge in [-0.25, -0.2) is 28.0 Å². The Balaban J connectivity index is 0.000000652. The van der Waals surface area contributed by atoms with Gasteiger partial charge in [0.1, 0.15) is 26.7 Å². The summed E-state index contributed by atoms with van der Waals surface area (Å²) in [5, 5.41) is 4.67. The van der Waals surface area contributed by atoms with Crippen molar-refractivity contribution in [3.05, 3.63) is 151 Å². The summed E-state index contributed by atoms with van der Waals surface area (Å²) in [7, 11) is -7.36. The molecule has 9 heteroatoms. The lowest BCUT2D eigenvalue weighted by atomic mass is 10.2. The smallest absolute Gasteiger partial charge is 0.217 e. The van der Waals surface area contributed by atoms with E-state index in [-0.39, 0.29) is 5.82 Å². The molecule has 0 radical (unpaired) electrons. The Bertz CT molecular complexity index is 1610. The van der Waals surface area contributed by atoms with E-state index in [1.54, 1.807) is 11.3 Å². The van der Waals surface area contributed by atoms with Crippen LogP contribution in [0, 0.1) is 16.1 Å². The topological polar surface area (TPSA) is 105 Å². The van der Waals surface area contributed by atoms with Gasteiger partial charge in [-0.2, -0.15) is 0 Å². The molecule has 42 heavy (non-hydrogen) atoms. The fourth-order valence-electron chi connectivity index (χ4n) is 4.80. The highest BCUT2D eigenvalue weighted by Crippen LogP contribution is 2.57. The number of nitrogens with zero attached hydrogens (tertiary/aromatic N) is 1. The second-order valence-corrected chi connectivity index (χ2v) is 14.2. The summed E-state index contributed by atoms with van der Waals surface area (Å²) in [4.78, 5) is 6.53. The molecular weight excluding hydrogens is 592 g/mol. The van der Waals surface area contributed by atoms with Gasteiger partial charge in [-0.3, -0.25) is 0 Å². The molecule has 0 atom stereocenters. The van der Waals surface area contributed by atoms with Gasteiger partial charge in [-0.15, -0.1) is 21.6 Å². The van der Waals surface area contributed by atoms with Crippen molar-refractivity contribution >= 4 is 39.9 Å². The number of benzene rings is 5. The number of hydrogen-bond acceptors (Lipinski definition) is 6. The lowest BCUT2D eigenvalue weighted by Crippen LogP contribution is -2.68. The fourth-order valence-corrected chi connectivity index (χ4v) is 10.6. The minimum absolute atomic E-state index is 0.242. The minimum atomic E-state index is -4.94. The lowest BCUT2D eigenvalue weighted by Gasteiger charge is -2.26. The van der Waals surface area contributed by atoms with Crippen LogP contribution < -0.4 is 40.0 Å². The van der Waals surface area contributed by atoms with Gasteiger partial charge in [-0.05, 0) is 54.1 Å². The Morgan fingerprint density at radius 2 is 0.905 bits per heavy atom. The molecule has 0 spiro atoms. The number of thiazole rings is 1. The van der Waals surface area contributed by atoms with Crippen molar-refractivity contribution < 1.29 is 33.3 Å².